The zero-order chi connectivity index (χ0) is 18.8. The van der Waals surface area contributed by atoms with Crippen LogP contribution in [0, 0.1) is 0 Å². The Balaban J connectivity index is 2.11. The number of carbonyl (C=O) groups excluding carboxylic acids is 1. The van der Waals surface area contributed by atoms with Crippen LogP contribution in [0.15, 0.2) is 65.2 Å². The van der Waals surface area contributed by atoms with Crippen LogP contribution >= 0.6 is 11.6 Å². The Morgan fingerprint density at radius 2 is 1.85 bits per heavy atom. The van der Waals surface area contributed by atoms with Gasteiger partial charge in [-0.3, -0.25) is 4.99 Å². The quantitative estimate of drug-likeness (QED) is 0.236. The van der Waals surface area contributed by atoms with Crippen LogP contribution < -0.4 is 0 Å². The van der Waals surface area contributed by atoms with Crippen LogP contribution in [0.25, 0.3) is 5.76 Å². The summed E-state index contributed by atoms with van der Waals surface area (Å²) < 4.78 is 5.02. The summed E-state index contributed by atoms with van der Waals surface area (Å²) in [4.78, 5) is 16.5. The minimum absolute atomic E-state index is 0.000314. The average Bonchev–Trinajstić information content (AvgIpc) is 2.65. The van der Waals surface area contributed by atoms with Gasteiger partial charge in [0.2, 0.25) is 0 Å². The van der Waals surface area contributed by atoms with Gasteiger partial charge in [-0.1, -0.05) is 54.1 Å². The molecule has 2 rings (SSSR count). The fourth-order valence-corrected chi connectivity index (χ4v) is 2.62. The number of hydrogen-bond acceptors (Lipinski definition) is 4. The highest BCUT2D eigenvalue weighted by molar-refractivity contribution is 6.32. The number of halogens is 1. The highest BCUT2D eigenvalue weighted by Crippen LogP contribution is 2.24. The van der Waals surface area contributed by atoms with Crippen molar-refractivity contribution in [2.24, 2.45) is 4.99 Å². The van der Waals surface area contributed by atoms with E-state index in [1.54, 1.807) is 31.2 Å². The summed E-state index contributed by atoms with van der Waals surface area (Å²) in [7, 11) is 0. The van der Waals surface area contributed by atoms with Crippen molar-refractivity contribution >= 4 is 29.5 Å². The van der Waals surface area contributed by atoms with Crippen molar-refractivity contribution in [3.8, 4) is 0 Å². The van der Waals surface area contributed by atoms with Gasteiger partial charge in [-0.15, -0.1) is 0 Å². The Morgan fingerprint density at radius 3 is 2.54 bits per heavy atom. The summed E-state index contributed by atoms with van der Waals surface area (Å²) in [6, 6.07) is 16.9. The molecule has 0 spiro atoms. The summed E-state index contributed by atoms with van der Waals surface area (Å²) in [5, 5.41) is 10.8. The van der Waals surface area contributed by atoms with Gasteiger partial charge < -0.3 is 9.84 Å². The van der Waals surface area contributed by atoms with Crippen molar-refractivity contribution in [1.29, 1.82) is 0 Å². The van der Waals surface area contributed by atoms with E-state index in [0.717, 1.165) is 12.8 Å². The average molecular weight is 372 g/mol. The van der Waals surface area contributed by atoms with Crippen molar-refractivity contribution < 1.29 is 14.6 Å². The topological polar surface area (TPSA) is 58.9 Å². The molecule has 0 aromatic heterocycles. The third-order valence-corrected chi connectivity index (χ3v) is 4.02. The fourth-order valence-electron chi connectivity index (χ4n) is 2.39. The van der Waals surface area contributed by atoms with E-state index >= 15 is 0 Å². The molecule has 0 amide bonds. The predicted molar refractivity (Wildman–Crippen MR) is 106 cm³/mol. The molecule has 2 aromatic rings. The second kappa shape index (κ2) is 10.4. The van der Waals surface area contributed by atoms with E-state index in [2.05, 4.69) is 17.1 Å². The maximum atomic E-state index is 12.2. The molecule has 2 aromatic carbocycles. The van der Waals surface area contributed by atoms with Gasteiger partial charge in [0.15, 0.2) is 0 Å². The molecule has 0 heterocycles. The van der Waals surface area contributed by atoms with Crippen LogP contribution in [-0.4, -0.2) is 30.4 Å². The number of aliphatic imine (C=N–C) groups is 1. The van der Waals surface area contributed by atoms with Crippen LogP contribution in [0.5, 0.6) is 0 Å². The maximum Gasteiger partial charge on any atom is 0.343 e. The normalized spacial score (nSPS) is 12.1. The summed E-state index contributed by atoms with van der Waals surface area (Å²) >= 11 is 6.11. The van der Waals surface area contributed by atoms with Crippen molar-refractivity contribution in [2.45, 2.75) is 19.8 Å². The highest BCUT2D eigenvalue weighted by atomic mass is 35.5. The molecule has 0 bridgehead atoms. The molecule has 26 heavy (non-hydrogen) atoms. The monoisotopic (exact) mass is 371 g/mol. The van der Waals surface area contributed by atoms with Crippen molar-refractivity contribution in [1.82, 2.24) is 0 Å². The van der Waals surface area contributed by atoms with Crippen molar-refractivity contribution in [3.63, 3.8) is 0 Å². The van der Waals surface area contributed by atoms with E-state index in [0.29, 0.717) is 17.1 Å². The van der Waals surface area contributed by atoms with Crippen molar-refractivity contribution in [3.05, 3.63) is 76.3 Å². The van der Waals surface area contributed by atoms with Gasteiger partial charge in [-0.05, 0) is 37.5 Å². The van der Waals surface area contributed by atoms with Crippen molar-refractivity contribution in [2.75, 3.05) is 13.2 Å². The van der Waals surface area contributed by atoms with E-state index in [9.17, 15) is 9.90 Å². The van der Waals surface area contributed by atoms with Gasteiger partial charge in [-0.25, -0.2) is 4.79 Å². The molecule has 0 saturated carbocycles. The molecule has 0 unspecified atom stereocenters. The third kappa shape index (κ3) is 5.74. The Hall–Kier alpha value is -2.59. The molecule has 5 heteroatoms. The summed E-state index contributed by atoms with van der Waals surface area (Å²) in [6.45, 7) is 2.45. The molecule has 0 aliphatic heterocycles. The lowest BCUT2D eigenvalue weighted by molar-refractivity contribution is -0.137. The molecular formula is C21H22ClNO3. The summed E-state index contributed by atoms with van der Waals surface area (Å²) in [5.74, 6) is -0.863. The summed E-state index contributed by atoms with van der Waals surface area (Å²) in [6.07, 6.45) is 3.10. The zero-order valence-electron chi connectivity index (χ0n) is 14.7. The number of rotatable bonds is 8. The molecule has 0 saturated heterocycles. The second-order valence-corrected chi connectivity index (χ2v) is 5.99. The molecule has 4 nitrogen and oxygen atoms in total. The first-order chi connectivity index (χ1) is 12.6. The van der Waals surface area contributed by atoms with E-state index in [4.69, 9.17) is 16.3 Å². The Labute approximate surface area is 158 Å². The number of hydrogen-bond donors (Lipinski definition) is 1. The molecule has 0 fully saturated rings. The predicted octanol–water partition coefficient (Wildman–Crippen LogP) is 4.88. The van der Waals surface area contributed by atoms with Gasteiger partial charge >= 0.3 is 5.97 Å². The van der Waals surface area contributed by atoms with Gasteiger partial charge in [0.05, 0.1) is 11.6 Å². The largest absolute Gasteiger partial charge is 0.506 e. The molecule has 0 radical (unpaired) electrons. The number of aliphatic hydroxyl groups is 1. The number of aryl methyl sites for hydroxylation is 1. The molecule has 0 aliphatic rings. The fraction of sp³-hybridized carbons (Fsp3) is 0.238. The molecule has 0 aliphatic carbocycles. The lowest BCUT2D eigenvalue weighted by Crippen LogP contribution is -2.11. The third-order valence-electron chi connectivity index (χ3n) is 3.70. The first-order valence-corrected chi connectivity index (χ1v) is 8.90. The van der Waals surface area contributed by atoms with E-state index in [-0.39, 0.29) is 17.9 Å². The van der Waals surface area contributed by atoms with E-state index in [1.807, 2.05) is 18.2 Å². The Morgan fingerprint density at radius 1 is 1.15 bits per heavy atom. The van der Waals surface area contributed by atoms with E-state index < -0.39 is 5.97 Å². The standard InChI is InChI=1S/C21H22ClNO3/c1-2-26-21(25)18(20(24)17-12-6-7-13-19(17)22)15-23-14-8-11-16-9-4-3-5-10-16/h3-7,9-10,12-13,15,24H,2,8,11,14H2,1H3/b20-18+,23-15?. The summed E-state index contributed by atoms with van der Waals surface area (Å²) in [5.41, 5.74) is 1.61. The minimum atomic E-state index is -0.628. The molecule has 1 N–H and O–H groups in total. The molecule has 136 valence electrons. The Kier molecular flexibility index (Phi) is 7.90. The Bertz CT molecular complexity index is 785. The zero-order valence-corrected chi connectivity index (χ0v) is 15.4. The lowest BCUT2D eigenvalue weighted by atomic mass is 10.1. The van der Waals surface area contributed by atoms with Gasteiger partial charge in [0.25, 0.3) is 0 Å². The second-order valence-electron chi connectivity index (χ2n) is 5.59. The SMILES string of the molecule is CCOC(=O)/C(C=NCCCc1ccccc1)=C(/O)c1ccccc1Cl. The number of aliphatic hydroxyl groups excluding tert-OH is 1. The molecular weight excluding hydrogens is 350 g/mol. The first kappa shape index (κ1) is 19.7. The van der Waals surface area contributed by atoms with E-state index in [1.165, 1.54) is 11.8 Å². The van der Waals surface area contributed by atoms with Crippen LogP contribution in [0.3, 0.4) is 0 Å². The number of esters is 1. The van der Waals surface area contributed by atoms with Crippen LogP contribution in [0.2, 0.25) is 5.02 Å². The number of ether oxygens (including phenoxy) is 1. The maximum absolute atomic E-state index is 12.2. The minimum Gasteiger partial charge on any atom is -0.506 e. The smallest absolute Gasteiger partial charge is 0.343 e. The van der Waals surface area contributed by atoms with Crippen LogP contribution in [0.1, 0.15) is 24.5 Å². The number of carbonyl (C=O) groups is 1. The van der Waals surface area contributed by atoms with Gasteiger partial charge in [0.1, 0.15) is 11.3 Å². The first-order valence-electron chi connectivity index (χ1n) is 8.52. The number of benzene rings is 2. The van der Waals surface area contributed by atoms with Gasteiger partial charge in [0, 0.05) is 18.3 Å². The highest BCUT2D eigenvalue weighted by Gasteiger charge is 2.17. The van der Waals surface area contributed by atoms with Gasteiger partial charge in [-0.2, -0.15) is 0 Å². The van der Waals surface area contributed by atoms with Crippen LogP contribution in [-0.2, 0) is 16.0 Å². The lowest BCUT2D eigenvalue weighted by Gasteiger charge is -2.08. The van der Waals surface area contributed by atoms with Crippen LogP contribution in [0.4, 0.5) is 0 Å². The number of nitrogens with zero attached hydrogens (tertiary/aromatic N) is 1. The molecule has 0 atom stereocenters.